The van der Waals surface area contributed by atoms with Gasteiger partial charge in [-0.3, -0.25) is 0 Å². The second kappa shape index (κ2) is 8.39. The lowest BCUT2D eigenvalue weighted by atomic mass is 10.1. The van der Waals surface area contributed by atoms with Crippen LogP contribution in [-0.4, -0.2) is 56.3 Å². The van der Waals surface area contributed by atoms with Crippen molar-refractivity contribution in [3.63, 3.8) is 0 Å². The van der Waals surface area contributed by atoms with Crippen LogP contribution in [-0.2, 0) is 4.74 Å². The molecule has 4 heterocycles. The van der Waals surface area contributed by atoms with Crippen molar-refractivity contribution in [2.75, 3.05) is 18.0 Å². The van der Waals surface area contributed by atoms with Gasteiger partial charge in [-0.1, -0.05) is 0 Å². The first-order valence-electron chi connectivity index (χ1n) is 11.2. The maximum absolute atomic E-state index is 12.7. The summed E-state index contributed by atoms with van der Waals surface area (Å²) in [6.07, 6.45) is 5.21. The van der Waals surface area contributed by atoms with E-state index in [1.54, 1.807) is 24.5 Å². The number of hydrogen-bond acceptors (Lipinski definition) is 6. The van der Waals surface area contributed by atoms with Crippen LogP contribution in [0.25, 0.3) is 16.7 Å². The third-order valence-electron chi connectivity index (χ3n) is 5.89. The minimum absolute atomic E-state index is 0.0236. The molecule has 1 saturated heterocycles. The summed E-state index contributed by atoms with van der Waals surface area (Å²) in [5.41, 5.74) is 2.09. The first-order chi connectivity index (χ1) is 15.6. The second-order valence-electron chi connectivity index (χ2n) is 9.71. The van der Waals surface area contributed by atoms with Crippen molar-refractivity contribution >= 4 is 22.8 Å². The molecule has 33 heavy (non-hydrogen) atoms. The number of ether oxygens (including phenoxy) is 1. The molecule has 3 aromatic heterocycles. The molecule has 8 heteroatoms. The maximum atomic E-state index is 12.7. The van der Waals surface area contributed by atoms with E-state index < -0.39 is 5.60 Å². The van der Waals surface area contributed by atoms with Crippen LogP contribution in [0.2, 0.25) is 0 Å². The molecule has 2 atom stereocenters. The number of piperazine rings is 1. The van der Waals surface area contributed by atoms with E-state index >= 15 is 0 Å². The molecule has 0 radical (unpaired) electrons. The third kappa shape index (κ3) is 4.36. The van der Waals surface area contributed by atoms with Crippen molar-refractivity contribution in [1.82, 2.24) is 19.4 Å². The van der Waals surface area contributed by atoms with Gasteiger partial charge in [-0.25, -0.2) is 14.8 Å². The topological polar surface area (TPSA) is 87.3 Å². The Balaban J connectivity index is 1.69. The van der Waals surface area contributed by atoms with Crippen molar-refractivity contribution in [3.05, 3.63) is 47.9 Å². The molecule has 1 fully saturated rings. The van der Waals surface area contributed by atoms with Gasteiger partial charge in [-0.2, -0.15) is 5.26 Å². The molecule has 0 aromatic carbocycles. The zero-order chi connectivity index (χ0) is 23.9. The molecule has 0 aliphatic carbocycles. The predicted molar refractivity (Wildman–Crippen MR) is 128 cm³/mol. The highest BCUT2D eigenvalue weighted by molar-refractivity contribution is 5.95. The van der Waals surface area contributed by atoms with Gasteiger partial charge >= 0.3 is 6.09 Å². The molecule has 0 saturated carbocycles. The van der Waals surface area contributed by atoms with Crippen molar-refractivity contribution in [2.45, 2.75) is 59.2 Å². The predicted octanol–water partition coefficient (Wildman–Crippen LogP) is 4.43. The Kier molecular flexibility index (Phi) is 5.75. The van der Waals surface area contributed by atoms with E-state index in [2.05, 4.69) is 29.8 Å². The molecule has 0 bridgehead atoms. The summed E-state index contributed by atoms with van der Waals surface area (Å²) in [7, 11) is 0. The van der Waals surface area contributed by atoms with Crippen LogP contribution in [0.3, 0.4) is 0 Å². The third-order valence-corrected chi connectivity index (χ3v) is 5.89. The fourth-order valence-electron chi connectivity index (χ4n) is 4.37. The van der Waals surface area contributed by atoms with Crippen LogP contribution in [0.5, 0.6) is 0 Å². The van der Waals surface area contributed by atoms with Crippen molar-refractivity contribution in [3.8, 4) is 11.9 Å². The molecule has 1 aliphatic rings. The maximum Gasteiger partial charge on any atom is 0.410 e. The zero-order valence-electron chi connectivity index (χ0n) is 20.0. The van der Waals surface area contributed by atoms with Crippen LogP contribution in [0.15, 0.2) is 36.8 Å². The Hall–Kier alpha value is -3.60. The van der Waals surface area contributed by atoms with Crippen LogP contribution < -0.4 is 4.90 Å². The van der Waals surface area contributed by atoms with Crippen molar-refractivity contribution in [1.29, 1.82) is 5.26 Å². The highest BCUT2D eigenvalue weighted by Crippen LogP contribution is 2.33. The average molecular weight is 447 g/mol. The lowest BCUT2D eigenvalue weighted by molar-refractivity contribution is 0.0130. The Morgan fingerprint density at radius 1 is 1.15 bits per heavy atom. The molecule has 1 aliphatic heterocycles. The van der Waals surface area contributed by atoms with Crippen molar-refractivity contribution < 1.29 is 9.53 Å². The molecular formula is C25H30N6O2. The molecule has 2 unspecified atom stereocenters. The number of carbonyl (C=O) groups excluding carboxylic acids is 1. The Morgan fingerprint density at radius 3 is 2.58 bits per heavy atom. The average Bonchev–Trinajstić information content (AvgIpc) is 3.11. The molecular weight excluding hydrogens is 416 g/mol. The Morgan fingerprint density at radius 2 is 1.88 bits per heavy atom. The minimum Gasteiger partial charge on any atom is -0.444 e. The van der Waals surface area contributed by atoms with Gasteiger partial charge < -0.3 is 19.1 Å². The van der Waals surface area contributed by atoms with Gasteiger partial charge in [0.15, 0.2) is 0 Å². The van der Waals surface area contributed by atoms with E-state index in [1.165, 1.54) is 0 Å². The summed E-state index contributed by atoms with van der Waals surface area (Å²) in [6.45, 7) is 13.1. The number of nitrogens with zero attached hydrogens (tertiary/aromatic N) is 6. The van der Waals surface area contributed by atoms with Crippen LogP contribution >= 0.6 is 0 Å². The van der Waals surface area contributed by atoms with Crippen LogP contribution in [0, 0.1) is 18.3 Å². The number of nitriles is 1. The van der Waals surface area contributed by atoms with Gasteiger partial charge in [0, 0.05) is 49.1 Å². The van der Waals surface area contributed by atoms with E-state index in [4.69, 9.17) is 9.72 Å². The summed E-state index contributed by atoms with van der Waals surface area (Å²) in [4.78, 5) is 26.0. The van der Waals surface area contributed by atoms with E-state index in [0.717, 1.165) is 22.3 Å². The zero-order valence-corrected chi connectivity index (χ0v) is 20.0. The molecule has 8 nitrogen and oxygen atoms in total. The Bertz CT molecular complexity index is 1240. The SMILES string of the molecule is Cc1cn(-c2cc(C#N)ccn2)c2ccnc(N3CC(C)N(C(=O)OC(C)(C)C)CC3C)c12. The number of amides is 1. The van der Waals surface area contributed by atoms with E-state index in [0.29, 0.717) is 24.5 Å². The van der Waals surface area contributed by atoms with Crippen molar-refractivity contribution in [2.24, 2.45) is 0 Å². The Labute approximate surface area is 194 Å². The number of aromatic nitrogens is 3. The number of hydrogen-bond donors (Lipinski definition) is 0. The monoisotopic (exact) mass is 446 g/mol. The van der Waals surface area contributed by atoms with Gasteiger partial charge in [-0.05, 0) is 65.3 Å². The lowest BCUT2D eigenvalue weighted by Crippen LogP contribution is -2.59. The van der Waals surface area contributed by atoms with Crippen LogP contribution in [0.1, 0.15) is 45.7 Å². The summed E-state index contributed by atoms with van der Waals surface area (Å²) in [5.74, 6) is 1.59. The largest absolute Gasteiger partial charge is 0.444 e. The molecule has 172 valence electrons. The summed E-state index contributed by atoms with van der Waals surface area (Å²) >= 11 is 0. The molecule has 4 rings (SSSR count). The lowest BCUT2D eigenvalue weighted by Gasteiger charge is -2.44. The number of pyridine rings is 2. The number of anilines is 1. The molecule has 3 aromatic rings. The number of carbonyl (C=O) groups is 1. The van der Waals surface area contributed by atoms with Gasteiger partial charge in [-0.15, -0.1) is 0 Å². The smallest absolute Gasteiger partial charge is 0.410 e. The second-order valence-corrected chi connectivity index (χ2v) is 9.71. The van der Waals surface area contributed by atoms with Gasteiger partial charge in [0.05, 0.1) is 17.1 Å². The van der Waals surface area contributed by atoms with E-state index in [1.807, 2.05) is 49.4 Å². The number of fused-ring (bicyclic) bond motifs is 1. The molecule has 0 N–H and O–H groups in total. The quantitative estimate of drug-likeness (QED) is 0.579. The molecule has 1 amide bonds. The highest BCUT2D eigenvalue weighted by Gasteiger charge is 2.36. The highest BCUT2D eigenvalue weighted by atomic mass is 16.6. The minimum atomic E-state index is -0.527. The van der Waals surface area contributed by atoms with Gasteiger partial charge in [0.25, 0.3) is 0 Å². The standard InChI is InChI=1S/C25H30N6O2/c1-16-13-31(21-11-19(12-26)7-9-27-21)20-8-10-28-23(22(16)20)29-14-18(3)30(15-17(29)2)24(32)33-25(4,5)6/h7-11,13,17-18H,14-15H2,1-6H3. The van der Waals surface area contributed by atoms with Crippen LogP contribution in [0.4, 0.5) is 10.6 Å². The number of rotatable bonds is 2. The first-order valence-corrected chi connectivity index (χ1v) is 11.2. The van der Waals surface area contributed by atoms with Gasteiger partial charge in [0.2, 0.25) is 0 Å². The van der Waals surface area contributed by atoms with E-state index in [-0.39, 0.29) is 18.2 Å². The molecule has 0 spiro atoms. The summed E-state index contributed by atoms with van der Waals surface area (Å²) < 4.78 is 7.62. The fourth-order valence-corrected chi connectivity index (χ4v) is 4.37. The number of aryl methyl sites for hydroxylation is 1. The van der Waals surface area contributed by atoms with E-state index in [9.17, 15) is 10.1 Å². The summed E-state index contributed by atoms with van der Waals surface area (Å²) in [5, 5.41) is 10.3. The summed E-state index contributed by atoms with van der Waals surface area (Å²) in [6, 6.07) is 7.66. The fraction of sp³-hybridized carbons (Fsp3) is 0.440. The normalized spacial score (nSPS) is 18.9. The first kappa shape index (κ1) is 22.6. The van der Waals surface area contributed by atoms with Gasteiger partial charge in [0.1, 0.15) is 17.2 Å².